The molecule has 0 radical (unpaired) electrons. The number of fused-ring (bicyclic) bond motifs is 1. The van der Waals surface area contributed by atoms with Crippen LogP contribution in [0.1, 0.15) is 27.7 Å². The summed E-state index contributed by atoms with van der Waals surface area (Å²) in [6.07, 6.45) is -0.977. The van der Waals surface area contributed by atoms with Crippen molar-refractivity contribution in [2.24, 2.45) is 0 Å². The van der Waals surface area contributed by atoms with E-state index in [1.807, 2.05) is 27.7 Å². The predicted molar refractivity (Wildman–Crippen MR) is 69.1 cm³/mol. The van der Waals surface area contributed by atoms with Crippen LogP contribution in [-0.4, -0.2) is 47.8 Å². The van der Waals surface area contributed by atoms with Gasteiger partial charge in [0.15, 0.2) is 11.6 Å². The molecule has 0 amide bonds. The van der Waals surface area contributed by atoms with Crippen LogP contribution in [-0.2, 0) is 18.9 Å². The molecule has 4 nitrogen and oxygen atoms in total. The maximum absolute atomic E-state index is 5.98. The van der Waals surface area contributed by atoms with Crippen LogP contribution in [0.2, 0.25) is 0 Å². The lowest BCUT2D eigenvalue weighted by molar-refractivity contribution is -0.417. The SMILES string of the molecule is CC1(C)O[C@@H]2[C@@H](OC(C)(C)O[C@@H]2CCl)[C@H](CCl)O1. The first-order valence-corrected chi connectivity index (χ1v) is 7.18. The van der Waals surface area contributed by atoms with Crippen LogP contribution in [0.5, 0.6) is 0 Å². The Labute approximate surface area is 118 Å². The van der Waals surface area contributed by atoms with Gasteiger partial charge >= 0.3 is 0 Å². The monoisotopic (exact) mass is 298 g/mol. The van der Waals surface area contributed by atoms with Crippen LogP contribution < -0.4 is 0 Å². The minimum atomic E-state index is -0.709. The minimum Gasteiger partial charge on any atom is -0.343 e. The maximum atomic E-state index is 5.98. The molecule has 2 rings (SSSR count). The Morgan fingerprint density at radius 2 is 1.06 bits per heavy atom. The summed E-state index contributed by atoms with van der Waals surface area (Å²) in [7, 11) is 0. The van der Waals surface area contributed by atoms with E-state index >= 15 is 0 Å². The number of hydrogen-bond acceptors (Lipinski definition) is 4. The van der Waals surface area contributed by atoms with Gasteiger partial charge in [0, 0.05) is 0 Å². The van der Waals surface area contributed by atoms with E-state index in [0.29, 0.717) is 11.8 Å². The lowest BCUT2D eigenvalue weighted by Gasteiger charge is -2.53. The average Bonchev–Trinajstić information content (AvgIpc) is 2.26. The fraction of sp³-hybridized carbons (Fsp3) is 1.00. The smallest absolute Gasteiger partial charge is 0.163 e. The first-order valence-electron chi connectivity index (χ1n) is 6.11. The van der Waals surface area contributed by atoms with E-state index < -0.39 is 11.6 Å². The Hall–Kier alpha value is 0.420. The second-order valence-electron chi connectivity index (χ2n) is 5.59. The van der Waals surface area contributed by atoms with Crippen LogP contribution in [0.25, 0.3) is 0 Å². The fourth-order valence-corrected chi connectivity index (χ4v) is 3.00. The molecule has 0 aromatic heterocycles. The summed E-state index contributed by atoms with van der Waals surface area (Å²) >= 11 is 12.0. The summed E-state index contributed by atoms with van der Waals surface area (Å²) in [5.41, 5.74) is 0. The van der Waals surface area contributed by atoms with Gasteiger partial charge in [-0.1, -0.05) is 0 Å². The van der Waals surface area contributed by atoms with E-state index in [0.717, 1.165) is 0 Å². The van der Waals surface area contributed by atoms with Crippen LogP contribution in [0.15, 0.2) is 0 Å². The average molecular weight is 299 g/mol. The minimum absolute atomic E-state index is 0.227. The molecule has 106 valence electrons. The molecule has 2 aliphatic rings. The highest BCUT2D eigenvalue weighted by Gasteiger charge is 2.53. The summed E-state index contributed by atoms with van der Waals surface area (Å²) in [5.74, 6) is -0.726. The molecule has 0 unspecified atom stereocenters. The molecule has 4 atom stereocenters. The Kier molecular flexibility index (Phi) is 4.18. The first kappa shape index (κ1) is 14.8. The molecule has 2 aliphatic heterocycles. The quantitative estimate of drug-likeness (QED) is 0.734. The maximum Gasteiger partial charge on any atom is 0.163 e. The standard InChI is InChI=1S/C12H20Cl2O4/c1-11(2)15-7(5-13)10-9(17-11)8(6-14)16-12(3,4)18-10/h7-10H,5-6H2,1-4H3/t7-,8+,9-,10-/m0/s1. The molecule has 0 aromatic carbocycles. The van der Waals surface area contributed by atoms with Crippen molar-refractivity contribution in [1.29, 1.82) is 0 Å². The van der Waals surface area contributed by atoms with Gasteiger partial charge in [0.1, 0.15) is 24.4 Å². The third-order valence-electron chi connectivity index (χ3n) is 3.07. The molecule has 2 fully saturated rings. The molecule has 18 heavy (non-hydrogen) atoms. The number of hydrogen-bond donors (Lipinski definition) is 0. The normalized spacial score (nSPS) is 42.3. The van der Waals surface area contributed by atoms with Gasteiger partial charge < -0.3 is 18.9 Å². The van der Waals surface area contributed by atoms with Crippen molar-refractivity contribution >= 4 is 23.2 Å². The van der Waals surface area contributed by atoms with Gasteiger partial charge in [0.05, 0.1) is 11.8 Å². The van der Waals surface area contributed by atoms with Gasteiger partial charge in [0.2, 0.25) is 0 Å². The van der Waals surface area contributed by atoms with Gasteiger partial charge in [0.25, 0.3) is 0 Å². The molecule has 0 aliphatic carbocycles. The van der Waals surface area contributed by atoms with Crippen molar-refractivity contribution in [3.05, 3.63) is 0 Å². The van der Waals surface area contributed by atoms with Crippen molar-refractivity contribution in [1.82, 2.24) is 0 Å². The molecule has 2 heterocycles. The molecule has 0 bridgehead atoms. The summed E-state index contributed by atoms with van der Waals surface area (Å²) in [5, 5.41) is 0. The predicted octanol–water partition coefficient (Wildman–Crippen LogP) is 2.50. The molecule has 0 spiro atoms. The van der Waals surface area contributed by atoms with Gasteiger partial charge in [-0.05, 0) is 27.7 Å². The zero-order chi connectivity index (χ0) is 13.6. The number of ether oxygens (including phenoxy) is 4. The second kappa shape index (κ2) is 5.08. The zero-order valence-corrected chi connectivity index (χ0v) is 12.6. The molecule has 0 aromatic rings. The van der Waals surface area contributed by atoms with Crippen molar-refractivity contribution in [2.75, 3.05) is 11.8 Å². The van der Waals surface area contributed by atoms with E-state index in [1.54, 1.807) is 0 Å². The molecule has 0 N–H and O–H groups in total. The van der Waals surface area contributed by atoms with E-state index in [9.17, 15) is 0 Å². The van der Waals surface area contributed by atoms with E-state index in [-0.39, 0.29) is 24.4 Å². The Balaban J connectivity index is 2.24. The molecular formula is C12H20Cl2O4. The van der Waals surface area contributed by atoms with Gasteiger partial charge in [-0.25, -0.2) is 0 Å². The lowest BCUT2D eigenvalue weighted by Crippen LogP contribution is -2.66. The summed E-state index contributed by atoms with van der Waals surface area (Å²) in [4.78, 5) is 0. The lowest BCUT2D eigenvalue weighted by atomic mass is 9.99. The largest absolute Gasteiger partial charge is 0.343 e. The van der Waals surface area contributed by atoms with Crippen molar-refractivity contribution in [3.63, 3.8) is 0 Å². The van der Waals surface area contributed by atoms with E-state index in [1.165, 1.54) is 0 Å². The van der Waals surface area contributed by atoms with Crippen molar-refractivity contribution < 1.29 is 18.9 Å². The number of halogens is 2. The third kappa shape index (κ3) is 2.94. The molecule has 6 heteroatoms. The Morgan fingerprint density at radius 1 is 0.722 bits per heavy atom. The van der Waals surface area contributed by atoms with Crippen LogP contribution in [0.3, 0.4) is 0 Å². The highest BCUT2D eigenvalue weighted by Crippen LogP contribution is 2.38. The van der Waals surface area contributed by atoms with Crippen LogP contribution >= 0.6 is 23.2 Å². The topological polar surface area (TPSA) is 36.9 Å². The fourth-order valence-electron chi connectivity index (χ4n) is 2.52. The molecule has 2 saturated heterocycles. The number of rotatable bonds is 2. The van der Waals surface area contributed by atoms with Crippen LogP contribution in [0.4, 0.5) is 0 Å². The van der Waals surface area contributed by atoms with Gasteiger partial charge in [-0.15, -0.1) is 23.2 Å². The third-order valence-corrected chi connectivity index (χ3v) is 3.68. The van der Waals surface area contributed by atoms with Crippen LogP contribution in [0, 0.1) is 0 Å². The summed E-state index contributed by atoms with van der Waals surface area (Å²) in [6.45, 7) is 7.42. The van der Waals surface area contributed by atoms with Crippen molar-refractivity contribution in [2.45, 2.75) is 63.7 Å². The summed E-state index contributed by atoms with van der Waals surface area (Å²) in [6, 6.07) is 0. The Morgan fingerprint density at radius 3 is 1.33 bits per heavy atom. The van der Waals surface area contributed by atoms with E-state index in [4.69, 9.17) is 42.1 Å². The second-order valence-corrected chi connectivity index (χ2v) is 6.20. The summed E-state index contributed by atoms with van der Waals surface area (Å²) < 4.78 is 23.4. The van der Waals surface area contributed by atoms with Gasteiger partial charge in [-0.3, -0.25) is 0 Å². The number of alkyl halides is 2. The van der Waals surface area contributed by atoms with E-state index in [2.05, 4.69) is 0 Å². The van der Waals surface area contributed by atoms with Crippen molar-refractivity contribution in [3.8, 4) is 0 Å². The Bertz CT molecular complexity index is 278. The zero-order valence-electron chi connectivity index (χ0n) is 11.1. The molecule has 0 saturated carbocycles. The molecular weight excluding hydrogens is 279 g/mol. The highest BCUT2D eigenvalue weighted by molar-refractivity contribution is 6.18. The van der Waals surface area contributed by atoms with Gasteiger partial charge in [-0.2, -0.15) is 0 Å². The highest BCUT2D eigenvalue weighted by atomic mass is 35.5. The first-order chi connectivity index (χ1) is 8.28.